The first-order valence-electron chi connectivity index (χ1n) is 9.05. The van der Waals surface area contributed by atoms with Crippen LogP contribution in [0.5, 0.6) is 0 Å². The predicted molar refractivity (Wildman–Crippen MR) is 105 cm³/mol. The maximum absolute atomic E-state index is 4.15. The van der Waals surface area contributed by atoms with E-state index in [2.05, 4.69) is 67.7 Å². The lowest BCUT2D eigenvalue weighted by atomic mass is 9.90. The highest BCUT2D eigenvalue weighted by atomic mass is 15.5. The van der Waals surface area contributed by atoms with Gasteiger partial charge in [0.05, 0.1) is 6.20 Å². The SMILES string of the molecule is Cc1cccc(-c2cccc(CCCCNn3cccn3)c2C)c1C. The van der Waals surface area contributed by atoms with Crippen LogP contribution in [0.4, 0.5) is 0 Å². The van der Waals surface area contributed by atoms with Gasteiger partial charge in [-0.25, -0.2) is 0 Å². The first-order chi connectivity index (χ1) is 12.2. The minimum absolute atomic E-state index is 0.942. The topological polar surface area (TPSA) is 29.9 Å². The van der Waals surface area contributed by atoms with Crippen molar-refractivity contribution in [2.75, 3.05) is 12.0 Å². The number of hydrogen-bond acceptors (Lipinski definition) is 2. The zero-order valence-electron chi connectivity index (χ0n) is 15.4. The quantitative estimate of drug-likeness (QED) is 0.614. The van der Waals surface area contributed by atoms with Crippen LogP contribution in [0.2, 0.25) is 0 Å². The maximum Gasteiger partial charge on any atom is 0.0510 e. The number of aromatic nitrogens is 2. The third kappa shape index (κ3) is 4.11. The second-order valence-corrected chi connectivity index (χ2v) is 6.65. The van der Waals surface area contributed by atoms with Crippen molar-refractivity contribution in [3.05, 3.63) is 77.1 Å². The summed E-state index contributed by atoms with van der Waals surface area (Å²) in [6.45, 7) is 7.61. The van der Waals surface area contributed by atoms with Crippen LogP contribution < -0.4 is 5.43 Å². The van der Waals surface area contributed by atoms with Crippen molar-refractivity contribution in [2.45, 2.75) is 40.0 Å². The van der Waals surface area contributed by atoms with E-state index in [1.165, 1.54) is 39.8 Å². The summed E-state index contributed by atoms with van der Waals surface area (Å²) in [7, 11) is 0. The lowest BCUT2D eigenvalue weighted by molar-refractivity contribution is 0.673. The van der Waals surface area contributed by atoms with E-state index < -0.39 is 0 Å². The summed E-state index contributed by atoms with van der Waals surface area (Å²) in [4.78, 5) is 1.77. The maximum atomic E-state index is 4.15. The molecule has 1 aromatic heterocycles. The molecule has 0 unspecified atom stereocenters. The van der Waals surface area contributed by atoms with Crippen molar-refractivity contribution >= 4 is 0 Å². The molecule has 0 bridgehead atoms. The summed E-state index contributed by atoms with van der Waals surface area (Å²) in [5.74, 6) is 0. The van der Waals surface area contributed by atoms with Gasteiger partial charge in [-0.05, 0) is 79.5 Å². The van der Waals surface area contributed by atoms with Crippen molar-refractivity contribution in [1.29, 1.82) is 0 Å². The van der Waals surface area contributed by atoms with E-state index in [1.807, 2.05) is 12.3 Å². The molecule has 1 heterocycles. The van der Waals surface area contributed by atoms with Crippen LogP contribution in [0.1, 0.15) is 35.1 Å². The molecule has 0 spiro atoms. The Morgan fingerprint density at radius 1 is 0.880 bits per heavy atom. The lowest BCUT2D eigenvalue weighted by Crippen LogP contribution is -2.16. The van der Waals surface area contributed by atoms with Gasteiger partial charge in [-0.3, -0.25) is 0 Å². The van der Waals surface area contributed by atoms with E-state index in [-0.39, 0.29) is 0 Å². The summed E-state index contributed by atoms with van der Waals surface area (Å²) >= 11 is 0. The number of unbranched alkanes of at least 4 members (excludes halogenated alkanes) is 1. The van der Waals surface area contributed by atoms with Gasteiger partial charge in [-0.15, -0.1) is 0 Å². The largest absolute Gasteiger partial charge is 0.310 e. The molecule has 3 rings (SSSR count). The Labute approximate surface area is 150 Å². The number of nitrogens with zero attached hydrogens (tertiary/aromatic N) is 2. The molecule has 25 heavy (non-hydrogen) atoms. The summed E-state index contributed by atoms with van der Waals surface area (Å²) in [6.07, 6.45) is 7.14. The van der Waals surface area contributed by atoms with Crippen LogP contribution >= 0.6 is 0 Å². The Hall–Kier alpha value is -2.55. The van der Waals surface area contributed by atoms with Gasteiger partial charge in [-0.1, -0.05) is 36.4 Å². The molecular weight excluding hydrogens is 306 g/mol. The van der Waals surface area contributed by atoms with E-state index in [4.69, 9.17) is 0 Å². The fourth-order valence-electron chi connectivity index (χ4n) is 3.29. The Morgan fingerprint density at radius 2 is 1.64 bits per heavy atom. The molecule has 0 aliphatic carbocycles. The van der Waals surface area contributed by atoms with E-state index in [0.29, 0.717) is 0 Å². The lowest BCUT2D eigenvalue weighted by Gasteiger charge is -2.15. The van der Waals surface area contributed by atoms with Crippen molar-refractivity contribution in [1.82, 2.24) is 9.89 Å². The van der Waals surface area contributed by atoms with E-state index in [0.717, 1.165) is 19.4 Å². The smallest absolute Gasteiger partial charge is 0.0510 e. The molecule has 0 amide bonds. The fourth-order valence-corrected chi connectivity index (χ4v) is 3.29. The molecule has 3 nitrogen and oxygen atoms in total. The van der Waals surface area contributed by atoms with Crippen LogP contribution in [0.25, 0.3) is 11.1 Å². The van der Waals surface area contributed by atoms with Crippen LogP contribution in [-0.4, -0.2) is 16.4 Å². The first kappa shape index (κ1) is 17.3. The molecule has 3 heteroatoms. The zero-order valence-corrected chi connectivity index (χ0v) is 15.4. The molecule has 1 N–H and O–H groups in total. The Balaban J connectivity index is 1.64. The summed E-state index contributed by atoms with van der Waals surface area (Å²) < 4.78 is 0. The number of aryl methyl sites for hydroxylation is 2. The van der Waals surface area contributed by atoms with Gasteiger partial charge in [-0.2, -0.15) is 9.89 Å². The third-order valence-electron chi connectivity index (χ3n) is 4.99. The van der Waals surface area contributed by atoms with Gasteiger partial charge in [0.25, 0.3) is 0 Å². The molecule has 0 aliphatic heterocycles. The van der Waals surface area contributed by atoms with Crippen LogP contribution in [0, 0.1) is 20.8 Å². The standard InChI is InChI=1S/C22H27N3/c1-17-9-6-12-21(18(17)2)22-13-7-11-20(19(22)3)10-4-5-14-23-25-16-8-15-24-25/h6-9,11-13,15-16,23H,4-5,10,14H2,1-3H3. The normalized spacial score (nSPS) is 10.8. The number of nitrogens with one attached hydrogen (secondary N) is 1. The van der Waals surface area contributed by atoms with Crippen molar-refractivity contribution in [2.24, 2.45) is 0 Å². The minimum Gasteiger partial charge on any atom is -0.310 e. The van der Waals surface area contributed by atoms with Gasteiger partial charge < -0.3 is 5.43 Å². The van der Waals surface area contributed by atoms with Crippen LogP contribution in [-0.2, 0) is 6.42 Å². The molecular formula is C22H27N3. The Kier molecular flexibility index (Phi) is 5.54. The second-order valence-electron chi connectivity index (χ2n) is 6.65. The molecule has 0 radical (unpaired) electrons. The molecule has 130 valence electrons. The van der Waals surface area contributed by atoms with Gasteiger partial charge in [0.2, 0.25) is 0 Å². The van der Waals surface area contributed by atoms with E-state index >= 15 is 0 Å². The highest BCUT2D eigenvalue weighted by Crippen LogP contribution is 2.30. The van der Waals surface area contributed by atoms with Crippen molar-refractivity contribution in [3.8, 4) is 11.1 Å². The van der Waals surface area contributed by atoms with E-state index in [1.54, 1.807) is 11.0 Å². The Morgan fingerprint density at radius 3 is 2.40 bits per heavy atom. The summed E-state index contributed by atoms with van der Waals surface area (Å²) in [6, 6.07) is 15.2. The number of hydrogen-bond donors (Lipinski definition) is 1. The van der Waals surface area contributed by atoms with Crippen molar-refractivity contribution < 1.29 is 0 Å². The van der Waals surface area contributed by atoms with Gasteiger partial charge >= 0.3 is 0 Å². The average molecular weight is 333 g/mol. The molecule has 0 saturated carbocycles. The highest BCUT2D eigenvalue weighted by Gasteiger charge is 2.09. The summed E-state index contributed by atoms with van der Waals surface area (Å²) in [5.41, 5.74) is 11.6. The highest BCUT2D eigenvalue weighted by molar-refractivity contribution is 5.72. The van der Waals surface area contributed by atoms with Crippen LogP contribution in [0.3, 0.4) is 0 Å². The van der Waals surface area contributed by atoms with Gasteiger partial charge in [0.15, 0.2) is 0 Å². The first-order valence-corrected chi connectivity index (χ1v) is 9.05. The molecule has 0 atom stereocenters. The molecule has 0 saturated heterocycles. The molecule has 2 aromatic carbocycles. The fraction of sp³-hybridized carbons (Fsp3) is 0.318. The van der Waals surface area contributed by atoms with Crippen molar-refractivity contribution in [3.63, 3.8) is 0 Å². The average Bonchev–Trinajstić information content (AvgIpc) is 3.12. The van der Waals surface area contributed by atoms with Crippen LogP contribution in [0.15, 0.2) is 54.9 Å². The summed E-state index contributed by atoms with van der Waals surface area (Å²) in [5, 5.41) is 4.15. The van der Waals surface area contributed by atoms with Gasteiger partial charge in [0, 0.05) is 12.7 Å². The third-order valence-corrected chi connectivity index (χ3v) is 4.99. The minimum atomic E-state index is 0.942. The second kappa shape index (κ2) is 8.02. The predicted octanol–water partition coefficient (Wildman–Crippen LogP) is 5.04. The van der Waals surface area contributed by atoms with E-state index in [9.17, 15) is 0 Å². The monoisotopic (exact) mass is 333 g/mol. The zero-order chi connectivity index (χ0) is 17.6. The molecule has 3 aromatic rings. The molecule has 0 fully saturated rings. The number of rotatable bonds is 7. The number of benzene rings is 2. The molecule has 0 aliphatic rings. The Bertz CT molecular complexity index is 819. The van der Waals surface area contributed by atoms with Gasteiger partial charge in [0.1, 0.15) is 0 Å².